The first-order chi connectivity index (χ1) is 19.5. The highest BCUT2D eigenvalue weighted by Crippen LogP contribution is 2.32. The second kappa shape index (κ2) is 10.6. The Hall–Kier alpha value is -5.40. The Bertz CT molecular complexity index is 1760. The summed E-state index contributed by atoms with van der Waals surface area (Å²) in [7, 11) is 2.92. The quantitative estimate of drug-likeness (QED) is 0.253. The minimum absolute atomic E-state index is 0.119. The van der Waals surface area contributed by atoms with Crippen LogP contribution in [0.5, 0.6) is 5.75 Å². The number of anilines is 3. The predicted octanol–water partition coefficient (Wildman–Crippen LogP) is 5.40. The molecule has 0 saturated heterocycles. The monoisotopic (exact) mass is 564 g/mol. The number of amides is 3. The van der Waals surface area contributed by atoms with Crippen molar-refractivity contribution in [1.82, 2.24) is 24.5 Å². The molecule has 14 heteroatoms. The van der Waals surface area contributed by atoms with Gasteiger partial charge in [-0.05, 0) is 37.3 Å². The van der Waals surface area contributed by atoms with Crippen LogP contribution in [0.15, 0.2) is 67.5 Å². The van der Waals surface area contributed by atoms with Crippen molar-refractivity contribution >= 4 is 40.2 Å². The van der Waals surface area contributed by atoms with Crippen LogP contribution in [0.3, 0.4) is 0 Å². The Balaban J connectivity index is 1.41. The maximum absolute atomic E-state index is 13.7. The van der Waals surface area contributed by atoms with E-state index in [0.717, 1.165) is 12.1 Å². The summed E-state index contributed by atoms with van der Waals surface area (Å²) in [6.45, 7) is 1.70. The third-order valence-corrected chi connectivity index (χ3v) is 6.12. The number of urea groups is 1. The minimum Gasteiger partial charge on any atom is -0.497 e. The van der Waals surface area contributed by atoms with Gasteiger partial charge < -0.3 is 24.9 Å². The van der Waals surface area contributed by atoms with Crippen LogP contribution in [-0.4, -0.2) is 50.6 Å². The molecule has 5 rings (SSSR count). The molecule has 3 heterocycles. The van der Waals surface area contributed by atoms with E-state index in [1.807, 2.05) is 0 Å². The van der Waals surface area contributed by atoms with Gasteiger partial charge in [0.15, 0.2) is 0 Å². The number of carbonyl (C=O) groups is 2. The number of aromatic amines is 1. The van der Waals surface area contributed by atoms with Gasteiger partial charge in [-0.25, -0.2) is 19.7 Å². The molecule has 3 aromatic heterocycles. The third-order valence-electron chi connectivity index (χ3n) is 6.12. The maximum Gasteiger partial charge on any atom is 0.416 e. The van der Waals surface area contributed by atoms with Crippen molar-refractivity contribution in [1.29, 1.82) is 0 Å². The van der Waals surface area contributed by atoms with E-state index in [0.29, 0.717) is 22.5 Å². The second-order valence-electron chi connectivity index (χ2n) is 9.02. The fourth-order valence-corrected chi connectivity index (χ4v) is 4.11. The molecule has 5 aromatic rings. The maximum atomic E-state index is 13.7. The number of hydrogen-bond donors (Lipinski definition) is 3. The number of rotatable bonds is 6. The number of aromatic nitrogens is 5. The van der Waals surface area contributed by atoms with Gasteiger partial charge in [0.1, 0.15) is 23.5 Å². The Kier molecular flexibility index (Phi) is 7.05. The molecular weight excluding hydrogens is 541 g/mol. The number of hydrogen-bond acceptors (Lipinski definition) is 6. The smallest absolute Gasteiger partial charge is 0.416 e. The van der Waals surface area contributed by atoms with Crippen LogP contribution < -0.4 is 20.3 Å². The highest BCUT2D eigenvalue weighted by Gasteiger charge is 2.32. The molecule has 11 nitrogen and oxygen atoms in total. The lowest BCUT2D eigenvalue weighted by molar-refractivity contribution is -0.137. The van der Waals surface area contributed by atoms with Gasteiger partial charge >= 0.3 is 12.2 Å². The predicted molar refractivity (Wildman–Crippen MR) is 146 cm³/mol. The lowest BCUT2D eigenvalue weighted by atomic mass is 10.1. The molecule has 0 fully saturated rings. The summed E-state index contributed by atoms with van der Waals surface area (Å²) in [6.07, 6.45) is 1.23. The van der Waals surface area contributed by atoms with Gasteiger partial charge in [0.2, 0.25) is 0 Å². The van der Waals surface area contributed by atoms with E-state index in [1.54, 1.807) is 25.4 Å². The first-order valence-electron chi connectivity index (χ1n) is 12.1. The van der Waals surface area contributed by atoms with Gasteiger partial charge in [-0.1, -0.05) is 0 Å². The number of carbonyl (C=O) groups excluding carboxylic acids is 2. The number of alkyl halides is 3. The summed E-state index contributed by atoms with van der Waals surface area (Å²) in [4.78, 5) is 42.8. The van der Waals surface area contributed by atoms with E-state index in [9.17, 15) is 22.8 Å². The molecule has 0 radical (unpaired) electrons. The molecule has 0 unspecified atom stereocenters. The number of methoxy groups -OCH3 is 1. The topological polar surface area (TPSA) is 130 Å². The van der Waals surface area contributed by atoms with Gasteiger partial charge in [0.25, 0.3) is 5.91 Å². The van der Waals surface area contributed by atoms with E-state index in [4.69, 9.17) is 4.74 Å². The number of imidazole rings is 1. The molecule has 210 valence electrons. The SMILES string of the molecule is COc1cc(NC(=O)c2cc(-n3cnc(C)c3)cc(C(F)(F)F)c2)cc(NC(=O)N(C)c2ncnc3[nH]ccc23)c1. The number of halogens is 3. The zero-order valence-electron chi connectivity index (χ0n) is 21.9. The Morgan fingerprint density at radius 2 is 1.78 bits per heavy atom. The van der Waals surface area contributed by atoms with Crippen LogP contribution in [0.25, 0.3) is 16.7 Å². The molecule has 0 aliphatic heterocycles. The summed E-state index contributed by atoms with van der Waals surface area (Å²) in [5.41, 5.74) is 0.495. The van der Waals surface area contributed by atoms with Crippen molar-refractivity contribution in [3.8, 4) is 11.4 Å². The van der Waals surface area contributed by atoms with Crippen LogP contribution in [0.1, 0.15) is 21.6 Å². The van der Waals surface area contributed by atoms with Gasteiger partial charge in [-0.2, -0.15) is 13.2 Å². The number of aryl methyl sites for hydroxylation is 1. The van der Waals surface area contributed by atoms with Crippen molar-refractivity contribution in [2.75, 3.05) is 29.7 Å². The normalized spacial score (nSPS) is 11.4. The number of H-pyrrole nitrogens is 1. The van der Waals surface area contributed by atoms with Crippen LogP contribution >= 0.6 is 0 Å². The fourth-order valence-electron chi connectivity index (χ4n) is 4.11. The lowest BCUT2D eigenvalue weighted by Crippen LogP contribution is -2.32. The first kappa shape index (κ1) is 27.2. The molecule has 3 amide bonds. The van der Waals surface area contributed by atoms with Crippen molar-refractivity contribution in [3.63, 3.8) is 0 Å². The van der Waals surface area contributed by atoms with Crippen molar-refractivity contribution in [2.24, 2.45) is 0 Å². The largest absolute Gasteiger partial charge is 0.497 e. The minimum atomic E-state index is -4.68. The van der Waals surface area contributed by atoms with Gasteiger partial charge in [-0.15, -0.1) is 0 Å². The number of benzene rings is 2. The zero-order valence-corrected chi connectivity index (χ0v) is 21.9. The highest BCUT2D eigenvalue weighted by molar-refractivity contribution is 6.07. The molecular formula is C27H23F3N8O3. The average Bonchev–Trinajstić information content (AvgIpc) is 3.60. The van der Waals surface area contributed by atoms with Crippen molar-refractivity contribution < 1.29 is 27.5 Å². The molecule has 41 heavy (non-hydrogen) atoms. The van der Waals surface area contributed by atoms with Crippen molar-refractivity contribution in [2.45, 2.75) is 13.1 Å². The Morgan fingerprint density at radius 3 is 2.46 bits per heavy atom. The summed E-state index contributed by atoms with van der Waals surface area (Å²) >= 11 is 0. The number of nitrogens with one attached hydrogen (secondary N) is 3. The van der Waals surface area contributed by atoms with Crippen LogP contribution in [0.2, 0.25) is 0 Å². The lowest BCUT2D eigenvalue weighted by Gasteiger charge is -2.18. The van der Waals surface area contributed by atoms with Crippen LogP contribution in [0.4, 0.5) is 35.2 Å². The first-order valence-corrected chi connectivity index (χ1v) is 12.1. The molecule has 2 aromatic carbocycles. The highest BCUT2D eigenvalue weighted by atomic mass is 19.4. The van der Waals surface area contributed by atoms with E-state index in [2.05, 4.69) is 30.6 Å². The average molecular weight is 565 g/mol. The summed E-state index contributed by atoms with van der Waals surface area (Å²) in [5, 5.41) is 5.94. The third kappa shape index (κ3) is 5.80. The van der Waals surface area contributed by atoms with Gasteiger partial charge in [-0.3, -0.25) is 9.69 Å². The summed E-state index contributed by atoms with van der Waals surface area (Å²) in [5.74, 6) is -0.152. The van der Waals surface area contributed by atoms with Crippen molar-refractivity contribution in [3.05, 3.63) is 84.3 Å². The molecule has 0 bridgehead atoms. The summed E-state index contributed by atoms with van der Waals surface area (Å²) < 4.78 is 47.7. The molecule has 0 aliphatic carbocycles. The summed E-state index contributed by atoms with van der Waals surface area (Å²) in [6, 6.07) is 8.67. The van der Waals surface area contributed by atoms with E-state index in [-0.39, 0.29) is 28.4 Å². The van der Waals surface area contributed by atoms with E-state index >= 15 is 0 Å². The fraction of sp³-hybridized carbons (Fsp3) is 0.148. The van der Waals surface area contributed by atoms with Crippen LogP contribution in [0, 0.1) is 6.92 Å². The zero-order chi connectivity index (χ0) is 29.3. The number of nitrogens with zero attached hydrogens (tertiary/aromatic N) is 5. The van der Waals surface area contributed by atoms with E-state index in [1.165, 1.54) is 60.5 Å². The second-order valence-corrected chi connectivity index (χ2v) is 9.02. The Morgan fingerprint density at radius 1 is 1.02 bits per heavy atom. The molecule has 0 saturated carbocycles. The van der Waals surface area contributed by atoms with Gasteiger partial charge in [0.05, 0.1) is 30.1 Å². The number of ether oxygens (including phenoxy) is 1. The molecule has 0 aliphatic rings. The van der Waals surface area contributed by atoms with E-state index < -0.39 is 23.7 Å². The standard InChI is InChI=1S/C27H23F3N8O3/c1-15-12-38(14-34-15)20-7-16(6-17(8-20)27(28,29)30)25(39)35-18-9-19(11-21(10-18)41-3)36-26(40)37(2)24-22-4-5-31-23(22)32-13-33-24/h4-14H,1-3H3,(H,35,39)(H,36,40)(H,31,32,33). The molecule has 0 atom stereocenters. The molecule has 0 spiro atoms. The Labute approximate surface area is 231 Å². The molecule has 3 N–H and O–H groups in total. The van der Waals surface area contributed by atoms with Gasteiger partial charge in [0, 0.05) is 54.2 Å². The number of fused-ring (bicyclic) bond motifs is 1. The van der Waals surface area contributed by atoms with Crippen LogP contribution in [-0.2, 0) is 6.18 Å².